The summed E-state index contributed by atoms with van der Waals surface area (Å²) in [4.78, 5) is 25.7. The molecule has 0 aromatic heterocycles. The molecular weight excluding hydrogens is 402 g/mol. The van der Waals surface area contributed by atoms with E-state index in [9.17, 15) is 14.7 Å². The van der Waals surface area contributed by atoms with Gasteiger partial charge in [0.25, 0.3) is 0 Å². The maximum atomic E-state index is 12.5. The molecule has 1 fully saturated rings. The number of methoxy groups -OCH3 is 2. The van der Waals surface area contributed by atoms with Crippen LogP contribution >= 0.6 is 0 Å². The van der Waals surface area contributed by atoms with Crippen molar-refractivity contribution in [2.75, 3.05) is 27.8 Å². The van der Waals surface area contributed by atoms with Crippen molar-refractivity contribution in [2.45, 2.75) is 49.7 Å². The summed E-state index contributed by atoms with van der Waals surface area (Å²) < 4.78 is 16.8. The fourth-order valence-corrected chi connectivity index (χ4v) is 5.66. The number of nitrogens with zero attached hydrogens (tertiary/aromatic N) is 1. The van der Waals surface area contributed by atoms with Gasteiger partial charge >= 0.3 is 11.9 Å². The number of aliphatic carboxylic acids is 1. The number of benzene rings is 1. The molecule has 2 aliphatic carbocycles. The zero-order valence-electron chi connectivity index (χ0n) is 18.1. The summed E-state index contributed by atoms with van der Waals surface area (Å²) in [5, 5.41) is 19.7. The highest BCUT2D eigenvalue weighted by Crippen LogP contribution is 2.58. The van der Waals surface area contributed by atoms with E-state index in [4.69, 9.17) is 19.3 Å². The predicted molar refractivity (Wildman–Crippen MR) is 111 cm³/mol. The number of carbonyl (C=O) groups excluding carboxylic acids is 1. The number of piperidine rings is 1. The molecule has 2 N–H and O–H groups in total. The van der Waals surface area contributed by atoms with Crippen LogP contribution in [0, 0.1) is 5.92 Å². The molecule has 0 amide bonds. The lowest BCUT2D eigenvalue weighted by Gasteiger charge is -2.57. The summed E-state index contributed by atoms with van der Waals surface area (Å²) in [6.45, 7) is 0.854. The second-order valence-corrected chi connectivity index (χ2v) is 8.68. The van der Waals surface area contributed by atoms with Gasteiger partial charge < -0.3 is 29.3 Å². The number of aliphatic hydroxyl groups excluding tert-OH is 1. The molecule has 1 unspecified atom stereocenters. The van der Waals surface area contributed by atoms with E-state index in [1.165, 1.54) is 7.11 Å². The van der Waals surface area contributed by atoms with Crippen molar-refractivity contribution in [3.63, 3.8) is 0 Å². The summed E-state index contributed by atoms with van der Waals surface area (Å²) in [5.41, 5.74) is 1.54. The first-order chi connectivity index (χ1) is 14.8. The standard InChI is InChI=1S/C23H29NO7/c1-24-9-8-23-12-16(25)18(30-3)11-14(23)15(24)10-13-4-5-17(29-2)22(21(13)23)31-20(28)7-6-19(26)27/h4-5,11,14-16,25H,6-10,12H2,1-3H3,(H,26,27)/t14-,15+,16?,23+/m0/s1. The third-order valence-corrected chi connectivity index (χ3v) is 7.11. The summed E-state index contributed by atoms with van der Waals surface area (Å²) in [6, 6.07) is 4.04. The van der Waals surface area contributed by atoms with Gasteiger partial charge in [-0.1, -0.05) is 6.07 Å². The minimum Gasteiger partial charge on any atom is -0.499 e. The second-order valence-electron chi connectivity index (χ2n) is 8.68. The first-order valence-electron chi connectivity index (χ1n) is 10.6. The number of hydrogen-bond acceptors (Lipinski definition) is 7. The van der Waals surface area contributed by atoms with Crippen LogP contribution in [0.3, 0.4) is 0 Å². The van der Waals surface area contributed by atoms with Gasteiger partial charge in [-0.2, -0.15) is 0 Å². The number of carboxylic acid groups (broad SMARTS) is 1. The van der Waals surface area contributed by atoms with E-state index in [1.807, 2.05) is 12.1 Å². The largest absolute Gasteiger partial charge is 0.499 e. The Kier molecular flexibility index (Phi) is 5.70. The molecule has 2 bridgehead atoms. The Morgan fingerprint density at radius 1 is 1.23 bits per heavy atom. The molecule has 8 heteroatoms. The Labute approximate surface area is 181 Å². The number of carboxylic acids is 1. The molecule has 1 aliphatic heterocycles. The average Bonchev–Trinajstić information content (AvgIpc) is 2.74. The lowest BCUT2D eigenvalue weighted by Crippen LogP contribution is -2.60. The molecular formula is C23H29NO7. The van der Waals surface area contributed by atoms with Gasteiger partial charge in [0.15, 0.2) is 11.5 Å². The zero-order chi connectivity index (χ0) is 22.3. The van der Waals surface area contributed by atoms with Crippen LogP contribution in [-0.4, -0.2) is 67.0 Å². The van der Waals surface area contributed by atoms with E-state index < -0.39 is 23.5 Å². The minimum absolute atomic E-state index is 0.0840. The molecule has 0 radical (unpaired) electrons. The normalized spacial score (nSPS) is 29.3. The highest BCUT2D eigenvalue weighted by Gasteiger charge is 2.56. The van der Waals surface area contributed by atoms with Gasteiger partial charge in [-0.3, -0.25) is 9.59 Å². The SMILES string of the molecule is COC1=C[C@H]2[C@H]3Cc4ccc(OC)c(OC(=O)CCC(=O)O)c4[C@]2(CCN3C)CC1O. The van der Waals surface area contributed by atoms with E-state index in [2.05, 4.69) is 11.9 Å². The number of esters is 1. The highest BCUT2D eigenvalue weighted by molar-refractivity contribution is 5.79. The first kappa shape index (κ1) is 21.6. The molecule has 168 valence electrons. The number of carbonyl (C=O) groups is 2. The molecule has 0 spiro atoms. The fourth-order valence-electron chi connectivity index (χ4n) is 5.66. The van der Waals surface area contributed by atoms with E-state index in [0.717, 1.165) is 30.5 Å². The Morgan fingerprint density at radius 3 is 2.68 bits per heavy atom. The van der Waals surface area contributed by atoms with E-state index >= 15 is 0 Å². The average molecular weight is 431 g/mol. The molecule has 0 saturated carbocycles. The van der Waals surface area contributed by atoms with Crippen LogP contribution in [0.4, 0.5) is 0 Å². The lowest BCUT2D eigenvalue weighted by atomic mass is 9.53. The van der Waals surface area contributed by atoms with Crippen LogP contribution in [0.1, 0.15) is 36.8 Å². The Bertz CT molecular complexity index is 927. The Hall–Kier alpha value is -2.58. The van der Waals surface area contributed by atoms with Gasteiger partial charge in [-0.15, -0.1) is 0 Å². The smallest absolute Gasteiger partial charge is 0.311 e. The van der Waals surface area contributed by atoms with Crippen LogP contribution in [-0.2, 0) is 26.2 Å². The van der Waals surface area contributed by atoms with E-state index in [1.54, 1.807) is 13.2 Å². The van der Waals surface area contributed by atoms with Crippen LogP contribution in [0.25, 0.3) is 0 Å². The summed E-state index contributed by atoms with van der Waals surface area (Å²) in [6.07, 6.45) is 2.78. The van der Waals surface area contributed by atoms with Crippen molar-refractivity contribution in [1.29, 1.82) is 0 Å². The molecule has 4 rings (SSSR count). The Balaban J connectivity index is 1.84. The number of ether oxygens (including phenoxy) is 3. The van der Waals surface area contributed by atoms with Crippen LogP contribution < -0.4 is 9.47 Å². The molecule has 31 heavy (non-hydrogen) atoms. The third-order valence-electron chi connectivity index (χ3n) is 7.11. The Morgan fingerprint density at radius 2 is 2.00 bits per heavy atom. The molecule has 1 aromatic rings. The number of likely N-dealkylation sites (tertiary alicyclic amines) is 1. The molecule has 3 aliphatic rings. The summed E-state index contributed by atoms with van der Waals surface area (Å²) >= 11 is 0. The van der Waals surface area contributed by atoms with Crippen molar-refractivity contribution < 1.29 is 34.0 Å². The molecule has 1 heterocycles. The van der Waals surface area contributed by atoms with Gasteiger partial charge in [0.1, 0.15) is 11.9 Å². The number of fused-ring (bicyclic) bond motifs is 1. The topological polar surface area (TPSA) is 106 Å². The maximum Gasteiger partial charge on any atom is 0.311 e. The quantitative estimate of drug-likeness (QED) is 0.520. The van der Waals surface area contributed by atoms with Crippen LogP contribution in [0.2, 0.25) is 0 Å². The van der Waals surface area contributed by atoms with Crippen LogP contribution in [0.15, 0.2) is 24.0 Å². The highest BCUT2D eigenvalue weighted by atomic mass is 16.6. The first-order valence-corrected chi connectivity index (χ1v) is 10.6. The molecule has 1 aromatic carbocycles. The van der Waals surface area contributed by atoms with Gasteiger partial charge in [0.2, 0.25) is 0 Å². The number of rotatable bonds is 6. The predicted octanol–water partition coefficient (Wildman–Crippen LogP) is 1.87. The van der Waals surface area contributed by atoms with E-state index in [-0.39, 0.29) is 24.8 Å². The van der Waals surface area contributed by atoms with Gasteiger partial charge in [-0.05, 0) is 50.6 Å². The molecule has 1 saturated heterocycles. The second kappa shape index (κ2) is 8.16. The van der Waals surface area contributed by atoms with Crippen molar-refractivity contribution in [2.24, 2.45) is 5.92 Å². The zero-order valence-corrected chi connectivity index (χ0v) is 18.1. The van der Waals surface area contributed by atoms with E-state index in [0.29, 0.717) is 23.7 Å². The number of likely N-dealkylation sites (N-methyl/N-ethyl adjacent to an activating group) is 1. The van der Waals surface area contributed by atoms with Crippen molar-refractivity contribution >= 4 is 11.9 Å². The fraction of sp³-hybridized carbons (Fsp3) is 0.565. The van der Waals surface area contributed by atoms with Gasteiger partial charge in [0.05, 0.1) is 27.1 Å². The molecule has 4 atom stereocenters. The van der Waals surface area contributed by atoms with Crippen molar-refractivity contribution in [3.8, 4) is 11.5 Å². The van der Waals surface area contributed by atoms with Gasteiger partial charge in [0, 0.05) is 22.9 Å². The van der Waals surface area contributed by atoms with Gasteiger partial charge in [-0.25, -0.2) is 0 Å². The summed E-state index contributed by atoms with van der Waals surface area (Å²) in [7, 11) is 5.20. The number of aliphatic hydroxyl groups is 1. The summed E-state index contributed by atoms with van der Waals surface area (Å²) in [5.74, 6) is -0.216. The minimum atomic E-state index is -1.05. The van der Waals surface area contributed by atoms with Crippen molar-refractivity contribution in [3.05, 3.63) is 35.1 Å². The van der Waals surface area contributed by atoms with Crippen molar-refractivity contribution in [1.82, 2.24) is 4.90 Å². The lowest BCUT2D eigenvalue weighted by molar-refractivity contribution is -0.142. The third kappa shape index (κ3) is 3.57. The number of hydrogen-bond donors (Lipinski definition) is 2. The maximum absolute atomic E-state index is 12.5. The molecule has 8 nitrogen and oxygen atoms in total. The monoisotopic (exact) mass is 431 g/mol. The van der Waals surface area contributed by atoms with Crippen LogP contribution in [0.5, 0.6) is 11.5 Å².